The second-order valence-electron chi connectivity index (χ2n) is 7.36. The molecule has 2 heterocycles. The van der Waals surface area contributed by atoms with Gasteiger partial charge >= 0.3 is 0 Å². The number of H-pyrrole nitrogens is 1. The molecule has 0 bridgehead atoms. The lowest BCUT2D eigenvalue weighted by Crippen LogP contribution is -2.13. The number of carbonyl (C=O) groups is 1. The summed E-state index contributed by atoms with van der Waals surface area (Å²) in [7, 11) is 3.21. The van der Waals surface area contributed by atoms with E-state index in [1.807, 2.05) is 17.5 Å². The quantitative estimate of drug-likeness (QED) is 0.457. The topological polar surface area (TPSA) is 102 Å². The average Bonchev–Trinajstić information content (AvgIpc) is 3.55. The van der Waals surface area contributed by atoms with E-state index in [0.717, 1.165) is 23.5 Å². The zero-order valence-electron chi connectivity index (χ0n) is 17.5. The highest BCUT2D eigenvalue weighted by Crippen LogP contribution is 2.35. The van der Waals surface area contributed by atoms with Crippen LogP contribution in [0.1, 0.15) is 31.5 Å². The molecule has 0 atom stereocenters. The van der Waals surface area contributed by atoms with Gasteiger partial charge in [0.2, 0.25) is 11.1 Å². The van der Waals surface area contributed by atoms with Crippen molar-refractivity contribution in [1.82, 2.24) is 20.2 Å². The van der Waals surface area contributed by atoms with Crippen LogP contribution < -0.4 is 14.8 Å². The summed E-state index contributed by atoms with van der Waals surface area (Å²) in [4.78, 5) is 21.4. The van der Waals surface area contributed by atoms with Crippen LogP contribution in [-0.2, 0) is 11.2 Å². The number of amides is 1. The summed E-state index contributed by atoms with van der Waals surface area (Å²) in [5, 5.41) is 13.1. The van der Waals surface area contributed by atoms with Gasteiger partial charge in [-0.2, -0.15) is 0 Å². The molecule has 1 fully saturated rings. The summed E-state index contributed by atoms with van der Waals surface area (Å²) in [5.74, 6) is 3.07. The predicted molar refractivity (Wildman–Crippen MR) is 122 cm³/mol. The highest BCUT2D eigenvalue weighted by atomic mass is 32.2. The maximum Gasteiger partial charge on any atom is 0.236 e. The lowest BCUT2D eigenvalue weighted by molar-refractivity contribution is -0.113. The van der Waals surface area contributed by atoms with Crippen LogP contribution in [0.4, 0.5) is 5.13 Å². The number of hydrogen-bond donors (Lipinski definition) is 2. The molecule has 2 aromatic heterocycles. The first kappa shape index (κ1) is 21.6. The standard InChI is InChI=1S/C21H25N5O3S2/c1-28-14-7-8-15(17(10-14)29-2)16-11-30-20(22-16)24-19(27)12-31-21-23-18(25-26-21)9-13-5-3-4-6-13/h7-8,10-11,13H,3-6,9,12H2,1-2H3,(H,22,24,27)(H,23,25,26). The molecule has 31 heavy (non-hydrogen) atoms. The number of hydrogen-bond acceptors (Lipinski definition) is 8. The molecule has 2 N–H and O–H groups in total. The van der Waals surface area contributed by atoms with E-state index in [2.05, 4.69) is 25.5 Å². The summed E-state index contributed by atoms with van der Waals surface area (Å²) in [5.41, 5.74) is 1.57. The van der Waals surface area contributed by atoms with Gasteiger partial charge in [-0.15, -0.1) is 16.4 Å². The highest BCUT2D eigenvalue weighted by molar-refractivity contribution is 7.99. The molecule has 164 valence electrons. The van der Waals surface area contributed by atoms with Crippen LogP contribution in [0.3, 0.4) is 0 Å². The van der Waals surface area contributed by atoms with Crippen molar-refractivity contribution >= 4 is 34.1 Å². The Labute approximate surface area is 189 Å². The molecule has 0 saturated heterocycles. The summed E-state index contributed by atoms with van der Waals surface area (Å²) < 4.78 is 10.7. The summed E-state index contributed by atoms with van der Waals surface area (Å²) in [6, 6.07) is 5.55. The molecule has 4 rings (SSSR count). The van der Waals surface area contributed by atoms with Gasteiger partial charge in [-0.05, 0) is 18.1 Å². The van der Waals surface area contributed by atoms with Gasteiger partial charge in [0.05, 0.1) is 25.7 Å². The fraction of sp³-hybridized carbons (Fsp3) is 0.429. The SMILES string of the molecule is COc1ccc(-c2csc(NC(=O)CSc3n[nH]c(CC4CCCC4)n3)n2)c(OC)c1. The number of methoxy groups -OCH3 is 2. The zero-order valence-corrected chi connectivity index (χ0v) is 19.1. The van der Waals surface area contributed by atoms with Crippen LogP contribution in [0.2, 0.25) is 0 Å². The van der Waals surface area contributed by atoms with Gasteiger partial charge in [0.1, 0.15) is 17.3 Å². The Morgan fingerprint density at radius 2 is 2.10 bits per heavy atom. The van der Waals surface area contributed by atoms with Crippen molar-refractivity contribution in [3.8, 4) is 22.8 Å². The van der Waals surface area contributed by atoms with E-state index in [4.69, 9.17) is 9.47 Å². The molecule has 10 heteroatoms. The van der Waals surface area contributed by atoms with E-state index in [1.165, 1.54) is 48.8 Å². The molecule has 1 amide bonds. The molecule has 1 saturated carbocycles. The Kier molecular flexibility index (Phi) is 7.08. The van der Waals surface area contributed by atoms with Crippen LogP contribution in [-0.4, -0.2) is 46.0 Å². The number of ether oxygens (including phenoxy) is 2. The Hall–Kier alpha value is -2.59. The number of nitrogens with zero attached hydrogens (tertiary/aromatic N) is 3. The Balaban J connectivity index is 1.31. The number of thioether (sulfide) groups is 1. The molecular formula is C21H25N5O3S2. The number of carbonyl (C=O) groups excluding carboxylic acids is 1. The van der Waals surface area contributed by atoms with Crippen LogP contribution >= 0.6 is 23.1 Å². The minimum atomic E-state index is -0.144. The number of aromatic nitrogens is 4. The third-order valence-corrected chi connectivity index (χ3v) is 6.84. The van der Waals surface area contributed by atoms with Crippen molar-refractivity contribution in [1.29, 1.82) is 0 Å². The van der Waals surface area contributed by atoms with Crippen molar-refractivity contribution < 1.29 is 14.3 Å². The number of rotatable bonds is 9. The van der Waals surface area contributed by atoms with Gasteiger partial charge in [-0.3, -0.25) is 9.89 Å². The third kappa shape index (κ3) is 5.56. The Morgan fingerprint density at radius 3 is 2.87 bits per heavy atom. The number of benzene rings is 1. The van der Waals surface area contributed by atoms with Crippen LogP contribution in [0.15, 0.2) is 28.7 Å². The molecule has 0 radical (unpaired) electrons. The molecule has 0 spiro atoms. The first-order valence-electron chi connectivity index (χ1n) is 10.2. The Bertz CT molecular complexity index is 1030. The smallest absolute Gasteiger partial charge is 0.236 e. The van der Waals surface area contributed by atoms with Crippen LogP contribution in [0.5, 0.6) is 11.5 Å². The van der Waals surface area contributed by atoms with Gasteiger partial charge in [0.25, 0.3) is 0 Å². The lowest BCUT2D eigenvalue weighted by atomic mass is 10.0. The van der Waals surface area contributed by atoms with E-state index >= 15 is 0 Å². The van der Waals surface area contributed by atoms with E-state index in [1.54, 1.807) is 20.3 Å². The van der Waals surface area contributed by atoms with Gasteiger partial charge in [-0.25, -0.2) is 9.97 Å². The molecule has 1 aliphatic carbocycles. The van der Waals surface area contributed by atoms with E-state index < -0.39 is 0 Å². The highest BCUT2D eigenvalue weighted by Gasteiger charge is 2.18. The first-order valence-corrected chi connectivity index (χ1v) is 12.0. The maximum absolute atomic E-state index is 12.4. The molecule has 1 aromatic carbocycles. The number of nitrogens with one attached hydrogen (secondary N) is 2. The van der Waals surface area contributed by atoms with Crippen molar-refractivity contribution in [3.05, 3.63) is 29.4 Å². The number of aromatic amines is 1. The van der Waals surface area contributed by atoms with E-state index in [0.29, 0.717) is 27.7 Å². The van der Waals surface area contributed by atoms with E-state index in [9.17, 15) is 4.79 Å². The van der Waals surface area contributed by atoms with Crippen molar-refractivity contribution in [2.75, 3.05) is 25.3 Å². The number of anilines is 1. The summed E-state index contributed by atoms with van der Waals surface area (Å²) in [6.07, 6.45) is 6.10. The van der Waals surface area contributed by atoms with Gasteiger partial charge in [0, 0.05) is 23.4 Å². The predicted octanol–water partition coefficient (Wildman–Crippen LogP) is 4.41. The zero-order chi connectivity index (χ0) is 21.6. The third-order valence-electron chi connectivity index (χ3n) is 5.24. The van der Waals surface area contributed by atoms with Crippen molar-refractivity contribution in [2.45, 2.75) is 37.3 Å². The molecule has 3 aromatic rings. The summed E-state index contributed by atoms with van der Waals surface area (Å²) >= 11 is 2.69. The maximum atomic E-state index is 12.4. The Morgan fingerprint density at radius 1 is 1.26 bits per heavy atom. The lowest BCUT2D eigenvalue weighted by Gasteiger charge is -2.08. The van der Waals surface area contributed by atoms with Crippen LogP contribution in [0, 0.1) is 5.92 Å². The molecule has 1 aliphatic rings. The number of thiazole rings is 1. The molecular weight excluding hydrogens is 434 g/mol. The van der Waals surface area contributed by atoms with Gasteiger partial charge < -0.3 is 14.8 Å². The minimum Gasteiger partial charge on any atom is -0.497 e. The minimum absolute atomic E-state index is 0.144. The second kappa shape index (κ2) is 10.1. The molecule has 0 aliphatic heterocycles. The van der Waals surface area contributed by atoms with E-state index in [-0.39, 0.29) is 11.7 Å². The molecule has 0 unspecified atom stereocenters. The normalized spacial score (nSPS) is 14.0. The van der Waals surface area contributed by atoms with Gasteiger partial charge in [-0.1, -0.05) is 37.4 Å². The monoisotopic (exact) mass is 459 g/mol. The average molecular weight is 460 g/mol. The first-order chi connectivity index (χ1) is 15.1. The largest absolute Gasteiger partial charge is 0.497 e. The van der Waals surface area contributed by atoms with Crippen molar-refractivity contribution in [2.24, 2.45) is 5.92 Å². The fourth-order valence-corrected chi connectivity index (χ4v) is 5.02. The second-order valence-corrected chi connectivity index (χ2v) is 9.16. The van der Waals surface area contributed by atoms with Crippen molar-refractivity contribution in [3.63, 3.8) is 0 Å². The van der Waals surface area contributed by atoms with Crippen LogP contribution in [0.25, 0.3) is 11.3 Å². The summed E-state index contributed by atoms with van der Waals surface area (Å²) in [6.45, 7) is 0. The molecule has 8 nitrogen and oxygen atoms in total. The fourth-order valence-electron chi connectivity index (χ4n) is 3.67. The van der Waals surface area contributed by atoms with Gasteiger partial charge in [0.15, 0.2) is 5.13 Å².